The number of carbonyl (C=O) groups excluding carboxylic acids is 1. The van der Waals surface area contributed by atoms with E-state index in [9.17, 15) is 9.18 Å². The molecule has 2 N–H and O–H groups in total. The molecule has 1 aromatic rings. The maximum Gasteiger partial charge on any atom is 0.412 e. The fourth-order valence-electron chi connectivity index (χ4n) is 2.43. The van der Waals surface area contributed by atoms with Gasteiger partial charge in [-0.2, -0.15) is 0 Å². The molecule has 1 amide bonds. The highest BCUT2D eigenvalue weighted by molar-refractivity contribution is 6.31. The lowest BCUT2D eigenvalue weighted by molar-refractivity contribution is 0.0250. The monoisotopic (exact) mass is 256 g/mol. The summed E-state index contributed by atoms with van der Waals surface area (Å²) in [5.41, 5.74) is -0.145. The first kappa shape index (κ1) is 10.8. The molecular formula is C11H10ClFN2O2. The van der Waals surface area contributed by atoms with Crippen molar-refractivity contribution in [1.82, 2.24) is 5.32 Å². The molecule has 2 heterocycles. The van der Waals surface area contributed by atoms with Crippen LogP contribution in [-0.4, -0.2) is 19.2 Å². The molecule has 3 rings (SSSR count). The molecular weight excluding hydrogens is 247 g/mol. The summed E-state index contributed by atoms with van der Waals surface area (Å²) in [6.07, 6.45) is -0.00654. The van der Waals surface area contributed by atoms with E-state index in [0.29, 0.717) is 30.8 Å². The van der Waals surface area contributed by atoms with Crippen molar-refractivity contribution in [3.05, 3.63) is 28.5 Å². The molecule has 6 heteroatoms. The molecule has 1 saturated heterocycles. The van der Waals surface area contributed by atoms with Crippen LogP contribution >= 0.6 is 11.6 Å². The predicted molar refractivity (Wildman–Crippen MR) is 60.7 cm³/mol. The largest absolute Gasteiger partial charge is 0.436 e. The van der Waals surface area contributed by atoms with Gasteiger partial charge in [0.15, 0.2) is 11.4 Å². The van der Waals surface area contributed by atoms with E-state index in [1.54, 1.807) is 6.07 Å². The van der Waals surface area contributed by atoms with Crippen LogP contribution in [0.1, 0.15) is 12.0 Å². The number of carbonyl (C=O) groups is 1. The number of amides is 1. The van der Waals surface area contributed by atoms with Crippen LogP contribution in [0.15, 0.2) is 12.1 Å². The highest BCUT2D eigenvalue weighted by Gasteiger charge is 2.46. The third-order valence-corrected chi connectivity index (χ3v) is 3.48. The van der Waals surface area contributed by atoms with E-state index < -0.39 is 17.5 Å². The molecule has 1 unspecified atom stereocenters. The van der Waals surface area contributed by atoms with Gasteiger partial charge in [-0.25, -0.2) is 9.18 Å². The molecule has 0 radical (unpaired) electrons. The summed E-state index contributed by atoms with van der Waals surface area (Å²) in [5.74, 6) is -0.520. The van der Waals surface area contributed by atoms with Crippen LogP contribution in [0, 0.1) is 5.82 Å². The molecule has 2 aliphatic rings. The van der Waals surface area contributed by atoms with Crippen molar-refractivity contribution >= 4 is 23.4 Å². The normalized spacial score (nSPS) is 26.6. The number of nitrogens with one attached hydrogen (secondary N) is 2. The third-order valence-electron chi connectivity index (χ3n) is 3.19. The minimum atomic E-state index is -0.924. The smallest absolute Gasteiger partial charge is 0.412 e. The van der Waals surface area contributed by atoms with Gasteiger partial charge in [0.2, 0.25) is 0 Å². The SMILES string of the molecule is O=C1Nc2ccc(Cl)c(F)c2C2(CCNC2)O1. The summed E-state index contributed by atoms with van der Waals surface area (Å²) in [7, 11) is 0. The first-order valence-electron chi connectivity index (χ1n) is 5.32. The Kier molecular flexibility index (Phi) is 2.27. The number of fused-ring (bicyclic) bond motifs is 2. The average molecular weight is 257 g/mol. The van der Waals surface area contributed by atoms with Crippen molar-refractivity contribution in [2.75, 3.05) is 18.4 Å². The number of hydrogen-bond donors (Lipinski definition) is 2. The molecule has 4 nitrogen and oxygen atoms in total. The van der Waals surface area contributed by atoms with Crippen molar-refractivity contribution in [1.29, 1.82) is 0 Å². The second-order valence-electron chi connectivity index (χ2n) is 4.22. The standard InChI is InChI=1S/C11H10ClFN2O2/c12-6-1-2-7-8(9(6)13)11(3-4-14-5-11)17-10(16)15-7/h1-2,14H,3-5H2,(H,15,16). The van der Waals surface area contributed by atoms with Crippen LogP contribution in [0.25, 0.3) is 0 Å². The maximum atomic E-state index is 14.1. The fraction of sp³-hybridized carbons (Fsp3) is 0.364. The van der Waals surface area contributed by atoms with E-state index in [2.05, 4.69) is 10.6 Å². The number of rotatable bonds is 0. The lowest BCUT2D eigenvalue weighted by Crippen LogP contribution is -2.42. The van der Waals surface area contributed by atoms with Crippen molar-refractivity contribution in [2.24, 2.45) is 0 Å². The van der Waals surface area contributed by atoms with Crippen molar-refractivity contribution < 1.29 is 13.9 Å². The Labute approximate surface area is 102 Å². The van der Waals surface area contributed by atoms with Crippen molar-refractivity contribution in [2.45, 2.75) is 12.0 Å². The lowest BCUT2D eigenvalue weighted by atomic mass is 9.89. The van der Waals surface area contributed by atoms with Crippen LogP contribution in [0.3, 0.4) is 0 Å². The number of benzene rings is 1. The molecule has 2 aliphatic heterocycles. The number of anilines is 1. The molecule has 17 heavy (non-hydrogen) atoms. The van der Waals surface area contributed by atoms with Gasteiger partial charge in [-0.1, -0.05) is 11.6 Å². The van der Waals surface area contributed by atoms with E-state index in [1.807, 2.05) is 0 Å². The van der Waals surface area contributed by atoms with Gasteiger partial charge in [-0.05, 0) is 18.7 Å². The fourth-order valence-corrected chi connectivity index (χ4v) is 2.59. The van der Waals surface area contributed by atoms with Gasteiger partial charge in [0.25, 0.3) is 0 Å². The summed E-state index contributed by atoms with van der Waals surface area (Å²) in [5, 5.41) is 5.60. The van der Waals surface area contributed by atoms with Gasteiger partial charge in [-0.15, -0.1) is 0 Å². The Morgan fingerprint density at radius 2 is 2.29 bits per heavy atom. The van der Waals surface area contributed by atoms with Crippen LogP contribution in [-0.2, 0) is 10.3 Å². The second kappa shape index (κ2) is 3.58. The number of hydrogen-bond acceptors (Lipinski definition) is 3. The summed E-state index contributed by atoms with van der Waals surface area (Å²) >= 11 is 5.78. The van der Waals surface area contributed by atoms with Gasteiger partial charge in [0.05, 0.1) is 16.3 Å². The molecule has 0 aliphatic carbocycles. The minimum Gasteiger partial charge on any atom is -0.436 e. The highest BCUT2D eigenvalue weighted by Crippen LogP contribution is 2.43. The third kappa shape index (κ3) is 1.50. The van der Waals surface area contributed by atoms with Gasteiger partial charge < -0.3 is 10.1 Å². The van der Waals surface area contributed by atoms with Crippen LogP contribution in [0.4, 0.5) is 14.9 Å². The summed E-state index contributed by atoms with van der Waals surface area (Å²) in [6, 6.07) is 3.03. The first-order valence-corrected chi connectivity index (χ1v) is 5.69. The topological polar surface area (TPSA) is 50.4 Å². The minimum absolute atomic E-state index is 0.0368. The van der Waals surface area contributed by atoms with Crippen LogP contribution in [0.5, 0.6) is 0 Å². The molecule has 90 valence electrons. The quantitative estimate of drug-likeness (QED) is 0.748. The van der Waals surface area contributed by atoms with Gasteiger partial charge in [0, 0.05) is 13.0 Å². The zero-order valence-corrected chi connectivity index (χ0v) is 9.60. The van der Waals surface area contributed by atoms with Crippen LogP contribution in [0.2, 0.25) is 5.02 Å². The second-order valence-corrected chi connectivity index (χ2v) is 4.63. The maximum absolute atomic E-state index is 14.1. The Morgan fingerprint density at radius 3 is 3.00 bits per heavy atom. The van der Waals surface area contributed by atoms with E-state index in [4.69, 9.17) is 16.3 Å². The van der Waals surface area contributed by atoms with Gasteiger partial charge in [0.1, 0.15) is 0 Å². The zero-order chi connectivity index (χ0) is 12.0. The highest BCUT2D eigenvalue weighted by atomic mass is 35.5. The van der Waals surface area contributed by atoms with E-state index in [-0.39, 0.29) is 5.02 Å². The van der Waals surface area contributed by atoms with E-state index >= 15 is 0 Å². The lowest BCUT2D eigenvalue weighted by Gasteiger charge is -2.35. The Hall–Kier alpha value is -1.33. The van der Waals surface area contributed by atoms with Crippen molar-refractivity contribution in [3.63, 3.8) is 0 Å². The van der Waals surface area contributed by atoms with Gasteiger partial charge in [-0.3, -0.25) is 5.32 Å². The molecule has 1 fully saturated rings. The Morgan fingerprint density at radius 1 is 1.47 bits per heavy atom. The average Bonchev–Trinajstić information content (AvgIpc) is 2.72. The molecule has 1 atom stereocenters. The number of halogens is 2. The first-order chi connectivity index (χ1) is 8.12. The van der Waals surface area contributed by atoms with Crippen LogP contribution < -0.4 is 10.6 Å². The Bertz CT molecular complexity index is 500. The number of ether oxygens (including phenoxy) is 1. The summed E-state index contributed by atoms with van der Waals surface area (Å²) in [6.45, 7) is 1.09. The zero-order valence-electron chi connectivity index (χ0n) is 8.85. The van der Waals surface area contributed by atoms with Gasteiger partial charge >= 0.3 is 6.09 Å². The molecule has 1 aromatic carbocycles. The predicted octanol–water partition coefficient (Wildman–Crippen LogP) is 2.23. The van der Waals surface area contributed by atoms with Crippen molar-refractivity contribution in [3.8, 4) is 0 Å². The molecule has 0 bridgehead atoms. The molecule has 0 saturated carbocycles. The molecule has 0 aromatic heterocycles. The van der Waals surface area contributed by atoms with E-state index in [0.717, 1.165) is 0 Å². The summed E-state index contributed by atoms with van der Waals surface area (Å²) in [4.78, 5) is 11.5. The van der Waals surface area contributed by atoms with E-state index in [1.165, 1.54) is 6.07 Å². The summed E-state index contributed by atoms with van der Waals surface area (Å²) < 4.78 is 19.4. The Balaban J connectivity index is 2.23. The molecule has 1 spiro atoms.